The molecule has 2 heteroatoms. The maximum Gasteiger partial charge on any atom is 0.149 e. The Balaban J connectivity index is 1.12. The van der Waals surface area contributed by atoms with E-state index in [4.69, 9.17) is 0 Å². The van der Waals surface area contributed by atoms with E-state index in [-0.39, 0.29) is 0 Å². The topological polar surface area (TPSA) is 9.37 Å². The highest BCUT2D eigenvalue weighted by Crippen LogP contribution is 2.42. The summed E-state index contributed by atoms with van der Waals surface area (Å²) >= 11 is 0. The third-order valence-electron chi connectivity index (χ3n) is 9.83. The van der Waals surface area contributed by atoms with Crippen molar-refractivity contribution < 1.29 is 4.90 Å². The lowest BCUT2D eigenvalue weighted by molar-refractivity contribution is -0.677. The van der Waals surface area contributed by atoms with Crippen LogP contribution in [0.25, 0.3) is 71.3 Å². The molecule has 2 heterocycles. The summed E-state index contributed by atoms with van der Waals surface area (Å²) in [5.74, 6) is 0. The van der Waals surface area contributed by atoms with Crippen molar-refractivity contribution in [2.24, 2.45) is 0 Å². The van der Waals surface area contributed by atoms with Crippen LogP contribution in [0.3, 0.4) is 0 Å². The molecule has 1 aliphatic heterocycles. The Morgan fingerprint density at radius 1 is 0.370 bits per heavy atom. The van der Waals surface area contributed by atoms with Crippen molar-refractivity contribution in [2.45, 2.75) is 0 Å². The molecule has 2 nitrogen and oxygen atoms in total. The molecule has 1 atom stereocenters. The average molecular weight is 586 g/mol. The molecule has 0 aliphatic carbocycles. The van der Waals surface area contributed by atoms with Crippen LogP contribution in [0.1, 0.15) is 0 Å². The fourth-order valence-corrected chi connectivity index (χ4v) is 7.73. The standard InChI is InChI=1S/C44H28N2/c1-2-11-33(12-3-1)45-41-16-8-6-14-37(41)39-27-30(20-24-43(39)45)31-21-25-44-40(28-31)38-15-7-9-17-42(38)46(44)34-22-23-36-32(26-34)19-18-29-10-4-5-13-35(29)36/h1-28H/p+1. The zero-order valence-electron chi connectivity index (χ0n) is 25.1. The van der Waals surface area contributed by atoms with Gasteiger partial charge >= 0.3 is 0 Å². The summed E-state index contributed by atoms with van der Waals surface area (Å²) in [6.45, 7) is 0. The van der Waals surface area contributed by atoms with E-state index in [0.717, 1.165) is 0 Å². The number of quaternary nitrogens is 1. The Labute approximate surface area is 267 Å². The fourth-order valence-electron chi connectivity index (χ4n) is 7.73. The molecule has 0 radical (unpaired) electrons. The lowest BCUT2D eigenvalue weighted by Gasteiger charge is -2.16. The number of para-hydroxylation sites is 3. The highest BCUT2D eigenvalue weighted by Gasteiger charge is 2.33. The van der Waals surface area contributed by atoms with Crippen LogP contribution < -0.4 is 4.90 Å². The molecule has 0 saturated carbocycles. The number of benzene rings is 8. The fraction of sp³-hybridized carbons (Fsp3) is 0. The Morgan fingerprint density at radius 2 is 1.04 bits per heavy atom. The zero-order valence-corrected chi connectivity index (χ0v) is 25.1. The van der Waals surface area contributed by atoms with Gasteiger partial charge in [0, 0.05) is 46.3 Å². The van der Waals surface area contributed by atoms with Gasteiger partial charge in [0.2, 0.25) is 0 Å². The van der Waals surface area contributed by atoms with Crippen LogP contribution in [0.15, 0.2) is 170 Å². The molecule has 8 aromatic carbocycles. The number of hydrogen-bond donors (Lipinski definition) is 1. The molecule has 1 aromatic heterocycles. The first-order chi connectivity index (χ1) is 22.8. The van der Waals surface area contributed by atoms with E-state index in [0.29, 0.717) is 0 Å². The number of aromatic nitrogens is 1. The first kappa shape index (κ1) is 25.4. The lowest BCUT2D eigenvalue weighted by Crippen LogP contribution is -2.95. The van der Waals surface area contributed by atoms with Gasteiger partial charge in [-0.1, -0.05) is 91.0 Å². The first-order valence-corrected chi connectivity index (χ1v) is 15.9. The molecule has 1 aliphatic rings. The molecule has 1 unspecified atom stereocenters. The zero-order chi connectivity index (χ0) is 30.2. The SMILES string of the molecule is c1ccc(-n2c3ccccc3c3cc(-c4ccc5c(c4)-c4ccccc4[NH+]5c4ccc5c(ccc6ccccc65)c4)ccc32)cc1. The minimum absolute atomic E-state index is 1.18. The van der Waals surface area contributed by atoms with Gasteiger partial charge in [-0.3, -0.25) is 0 Å². The highest BCUT2D eigenvalue weighted by molar-refractivity contribution is 6.11. The molecule has 10 rings (SSSR count). The van der Waals surface area contributed by atoms with E-state index in [1.807, 2.05) is 0 Å². The van der Waals surface area contributed by atoms with E-state index in [9.17, 15) is 0 Å². The Bertz CT molecular complexity index is 2650. The quantitative estimate of drug-likeness (QED) is 0.198. The molecule has 0 amide bonds. The minimum atomic E-state index is 1.18. The molecular formula is C44H29N2+. The van der Waals surface area contributed by atoms with Gasteiger partial charge in [-0.15, -0.1) is 0 Å². The number of nitrogens with one attached hydrogen (secondary N) is 1. The third-order valence-corrected chi connectivity index (χ3v) is 9.83. The summed E-state index contributed by atoms with van der Waals surface area (Å²) in [5.41, 5.74) is 12.6. The van der Waals surface area contributed by atoms with Gasteiger partial charge < -0.3 is 4.57 Å². The third kappa shape index (κ3) is 3.68. The van der Waals surface area contributed by atoms with Crippen LogP contribution in [0.2, 0.25) is 0 Å². The summed E-state index contributed by atoms with van der Waals surface area (Å²) in [6.07, 6.45) is 0. The maximum absolute atomic E-state index is 2.40. The monoisotopic (exact) mass is 585 g/mol. The second-order valence-electron chi connectivity index (χ2n) is 12.3. The summed E-state index contributed by atoms with van der Waals surface area (Å²) in [4.78, 5) is 1.31. The van der Waals surface area contributed by atoms with Gasteiger partial charge in [0.15, 0.2) is 0 Å². The van der Waals surface area contributed by atoms with Crippen molar-refractivity contribution in [3.05, 3.63) is 170 Å². The van der Waals surface area contributed by atoms with E-state index < -0.39 is 0 Å². The Hall–Kier alpha value is -5.96. The predicted octanol–water partition coefficient (Wildman–Crippen LogP) is 10.9. The normalized spacial score (nSPS) is 13.9. The summed E-state index contributed by atoms with van der Waals surface area (Å²) in [7, 11) is 0. The largest absolute Gasteiger partial charge is 0.309 e. The lowest BCUT2D eigenvalue weighted by atomic mass is 9.98. The molecule has 0 bridgehead atoms. The molecule has 214 valence electrons. The van der Waals surface area contributed by atoms with Crippen LogP contribution in [0.4, 0.5) is 17.1 Å². The van der Waals surface area contributed by atoms with E-state index in [2.05, 4.69) is 174 Å². The van der Waals surface area contributed by atoms with E-state index >= 15 is 0 Å². The van der Waals surface area contributed by atoms with Crippen LogP contribution in [-0.4, -0.2) is 4.57 Å². The van der Waals surface area contributed by atoms with Crippen molar-refractivity contribution in [3.8, 4) is 27.9 Å². The van der Waals surface area contributed by atoms with Gasteiger partial charge in [-0.05, 0) is 87.3 Å². The minimum Gasteiger partial charge on any atom is -0.309 e. The van der Waals surface area contributed by atoms with Crippen molar-refractivity contribution >= 4 is 60.4 Å². The Kier molecular flexibility index (Phi) is 5.39. The van der Waals surface area contributed by atoms with Gasteiger partial charge in [0.05, 0.1) is 16.6 Å². The van der Waals surface area contributed by atoms with E-state index in [1.165, 1.54) is 93.3 Å². The van der Waals surface area contributed by atoms with Gasteiger partial charge in [-0.2, -0.15) is 0 Å². The van der Waals surface area contributed by atoms with Crippen LogP contribution in [0.5, 0.6) is 0 Å². The van der Waals surface area contributed by atoms with Gasteiger partial charge in [0.25, 0.3) is 0 Å². The molecule has 0 saturated heterocycles. The van der Waals surface area contributed by atoms with Crippen molar-refractivity contribution in [1.29, 1.82) is 0 Å². The number of nitrogens with zero attached hydrogens (tertiary/aromatic N) is 1. The van der Waals surface area contributed by atoms with Crippen molar-refractivity contribution in [2.75, 3.05) is 0 Å². The predicted molar refractivity (Wildman–Crippen MR) is 193 cm³/mol. The second kappa shape index (κ2) is 9.77. The van der Waals surface area contributed by atoms with Crippen LogP contribution >= 0.6 is 0 Å². The molecular weight excluding hydrogens is 556 g/mol. The molecule has 0 spiro atoms. The number of rotatable bonds is 3. The van der Waals surface area contributed by atoms with E-state index in [1.54, 1.807) is 0 Å². The average Bonchev–Trinajstić information content (AvgIpc) is 3.64. The smallest absolute Gasteiger partial charge is 0.149 e. The van der Waals surface area contributed by atoms with Gasteiger partial charge in [0.1, 0.15) is 17.1 Å². The highest BCUT2D eigenvalue weighted by atomic mass is 15.2. The molecule has 1 N–H and O–H groups in total. The van der Waals surface area contributed by atoms with Gasteiger partial charge in [-0.25, -0.2) is 4.90 Å². The molecule has 0 fully saturated rings. The number of fused-ring (bicyclic) bond motifs is 9. The molecule has 9 aromatic rings. The summed E-state index contributed by atoms with van der Waals surface area (Å²) in [6, 6.07) is 62.4. The van der Waals surface area contributed by atoms with Crippen molar-refractivity contribution in [3.63, 3.8) is 0 Å². The van der Waals surface area contributed by atoms with Crippen LogP contribution in [0, 0.1) is 0 Å². The first-order valence-electron chi connectivity index (χ1n) is 15.9. The number of hydrogen-bond acceptors (Lipinski definition) is 0. The van der Waals surface area contributed by atoms with Crippen LogP contribution in [-0.2, 0) is 0 Å². The van der Waals surface area contributed by atoms with Crippen molar-refractivity contribution in [1.82, 2.24) is 4.57 Å². The maximum atomic E-state index is 2.40. The second-order valence-corrected chi connectivity index (χ2v) is 12.3. The summed E-state index contributed by atoms with van der Waals surface area (Å²) < 4.78 is 2.38. The Morgan fingerprint density at radius 3 is 1.98 bits per heavy atom. The summed E-state index contributed by atoms with van der Waals surface area (Å²) in [5, 5.41) is 7.70. The molecule has 46 heavy (non-hydrogen) atoms.